The lowest BCUT2D eigenvalue weighted by Crippen LogP contribution is -1.97. The molecular weight excluding hydrogens is 414 g/mol. The van der Waals surface area contributed by atoms with E-state index in [9.17, 15) is 25.6 Å². The molecule has 0 aliphatic rings. The Morgan fingerprint density at radius 1 is 1.44 bits per heavy atom. The first-order chi connectivity index (χ1) is 11.7. The predicted octanol–water partition coefficient (Wildman–Crippen LogP) is 4.50. The van der Waals surface area contributed by atoms with Crippen LogP contribution >= 0.6 is 27.5 Å². The standard InChI is InChI=1S/C16H11BrClN3O4/c1-7-13(16(17)20-8(2)14(7)18)10(6-19)3-9-4-11(21(24)25)15(23)12(22)5-9/h3-5,22-23H,1-2H3. The van der Waals surface area contributed by atoms with Crippen molar-refractivity contribution in [2.24, 2.45) is 0 Å². The maximum Gasteiger partial charge on any atom is 0.315 e. The van der Waals surface area contributed by atoms with Crippen LogP contribution in [0.3, 0.4) is 0 Å². The van der Waals surface area contributed by atoms with E-state index in [0.29, 0.717) is 26.4 Å². The van der Waals surface area contributed by atoms with Gasteiger partial charge < -0.3 is 10.2 Å². The van der Waals surface area contributed by atoms with Crippen LogP contribution in [0.1, 0.15) is 22.4 Å². The zero-order valence-corrected chi connectivity index (χ0v) is 15.4. The number of hydrogen-bond donors (Lipinski definition) is 2. The minimum atomic E-state index is -0.835. The van der Waals surface area contributed by atoms with E-state index in [1.54, 1.807) is 13.8 Å². The molecule has 0 fully saturated rings. The summed E-state index contributed by atoms with van der Waals surface area (Å²) in [6, 6.07) is 4.17. The van der Waals surface area contributed by atoms with Gasteiger partial charge in [0.05, 0.1) is 27.3 Å². The molecule has 1 aromatic carbocycles. The third kappa shape index (κ3) is 3.57. The summed E-state index contributed by atoms with van der Waals surface area (Å²) < 4.78 is 0.400. The first-order valence-electron chi connectivity index (χ1n) is 6.82. The Morgan fingerprint density at radius 2 is 2.08 bits per heavy atom. The first-order valence-corrected chi connectivity index (χ1v) is 7.99. The van der Waals surface area contributed by atoms with Gasteiger partial charge in [0.15, 0.2) is 5.75 Å². The fourth-order valence-electron chi connectivity index (χ4n) is 2.28. The summed E-state index contributed by atoms with van der Waals surface area (Å²) in [5.41, 5.74) is 1.28. The van der Waals surface area contributed by atoms with Crippen LogP contribution in [-0.4, -0.2) is 20.1 Å². The Morgan fingerprint density at radius 3 is 2.64 bits per heavy atom. The number of benzene rings is 1. The van der Waals surface area contributed by atoms with Crippen LogP contribution in [0, 0.1) is 35.3 Å². The summed E-state index contributed by atoms with van der Waals surface area (Å²) in [4.78, 5) is 14.3. The molecule has 0 unspecified atom stereocenters. The van der Waals surface area contributed by atoms with Crippen molar-refractivity contribution in [3.05, 3.63) is 54.3 Å². The van der Waals surface area contributed by atoms with Crippen molar-refractivity contribution >= 4 is 44.9 Å². The largest absolute Gasteiger partial charge is 0.504 e. The van der Waals surface area contributed by atoms with Crippen LogP contribution in [0.5, 0.6) is 11.5 Å². The number of nitrogens with zero attached hydrogens (tertiary/aromatic N) is 3. The highest BCUT2D eigenvalue weighted by Crippen LogP contribution is 2.38. The average Bonchev–Trinajstić information content (AvgIpc) is 2.54. The van der Waals surface area contributed by atoms with Crippen LogP contribution in [0.4, 0.5) is 5.69 Å². The molecule has 1 aromatic heterocycles. The number of rotatable bonds is 3. The Kier molecular flexibility index (Phi) is 5.30. The molecule has 1 heterocycles. The lowest BCUT2D eigenvalue weighted by molar-refractivity contribution is -0.386. The van der Waals surface area contributed by atoms with Gasteiger partial charge >= 0.3 is 5.69 Å². The van der Waals surface area contributed by atoms with Crippen molar-refractivity contribution < 1.29 is 15.1 Å². The number of nitro groups is 1. The average molecular weight is 425 g/mol. The molecule has 0 aliphatic carbocycles. The lowest BCUT2D eigenvalue weighted by atomic mass is 10.00. The van der Waals surface area contributed by atoms with Crippen LogP contribution in [-0.2, 0) is 0 Å². The smallest absolute Gasteiger partial charge is 0.315 e. The number of nitro benzene ring substituents is 1. The summed E-state index contributed by atoms with van der Waals surface area (Å²) in [6.45, 7) is 3.44. The second-order valence-corrected chi connectivity index (χ2v) is 6.27. The second kappa shape index (κ2) is 7.09. The number of nitriles is 1. The Bertz CT molecular complexity index is 967. The van der Waals surface area contributed by atoms with E-state index in [4.69, 9.17) is 11.6 Å². The number of phenolic OH excluding ortho intramolecular Hbond substituents is 2. The van der Waals surface area contributed by atoms with E-state index < -0.39 is 22.1 Å². The predicted molar refractivity (Wildman–Crippen MR) is 96.3 cm³/mol. The number of pyridine rings is 1. The maximum atomic E-state index is 11.0. The first kappa shape index (κ1) is 18.7. The van der Waals surface area contributed by atoms with E-state index in [1.165, 1.54) is 6.08 Å². The van der Waals surface area contributed by atoms with Crippen LogP contribution in [0.25, 0.3) is 11.6 Å². The molecule has 0 saturated carbocycles. The van der Waals surface area contributed by atoms with E-state index in [1.807, 2.05) is 6.07 Å². The zero-order valence-electron chi connectivity index (χ0n) is 13.0. The van der Waals surface area contributed by atoms with Crippen LogP contribution in [0.2, 0.25) is 5.02 Å². The Hall–Kier alpha value is -2.63. The summed E-state index contributed by atoms with van der Waals surface area (Å²) in [5.74, 6) is -1.49. The monoisotopic (exact) mass is 423 g/mol. The third-order valence-electron chi connectivity index (χ3n) is 3.48. The fourth-order valence-corrected chi connectivity index (χ4v) is 3.19. The fraction of sp³-hybridized carbons (Fsp3) is 0.125. The molecule has 0 saturated heterocycles. The van der Waals surface area contributed by atoms with E-state index in [-0.39, 0.29) is 11.1 Å². The summed E-state index contributed by atoms with van der Waals surface area (Å²) in [7, 11) is 0. The van der Waals surface area contributed by atoms with Gasteiger partial charge in [-0.2, -0.15) is 5.26 Å². The highest BCUT2D eigenvalue weighted by molar-refractivity contribution is 9.10. The van der Waals surface area contributed by atoms with Gasteiger partial charge in [0.1, 0.15) is 4.60 Å². The van der Waals surface area contributed by atoms with Gasteiger partial charge in [-0.3, -0.25) is 10.1 Å². The SMILES string of the molecule is Cc1nc(Br)c(C(C#N)=Cc2cc(O)c(O)c([N+](=O)[O-])c2)c(C)c1Cl. The summed E-state index contributed by atoms with van der Waals surface area (Å²) in [5, 5.41) is 40.1. The number of allylic oxidation sites excluding steroid dienone is 1. The molecule has 0 radical (unpaired) electrons. The van der Waals surface area contributed by atoms with Crippen molar-refractivity contribution in [2.75, 3.05) is 0 Å². The highest BCUT2D eigenvalue weighted by Gasteiger charge is 2.20. The molecule has 7 nitrogen and oxygen atoms in total. The topological polar surface area (TPSA) is 120 Å². The number of aryl methyl sites for hydroxylation is 1. The Balaban J connectivity index is 2.71. The zero-order chi connectivity index (χ0) is 18.9. The van der Waals surface area contributed by atoms with Crippen molar-refractivity contribution in [3.63, 3.8) is 0 Å². The summed E-state index contributed by atoms with van der Waals surface area (Å²) in [6.07, 6.45) is 1.34. The summed E-state index contributed by atoms with van der Waals surface area (Å²) >= 11 is 9.48. The molecule has 0 spiro atoms. The minimum Gasteiger partial charge on any atom is -0.504 e. The van der Waals surface area contributed by atoms with Crippen LogP contribution in [0.15, 0.2) is 16.7 Å². The van der Waals surface area contributed by atoms with Gasteiger partial charge in [0.2, 0.25) is 5.75 Å². The van der Waals surface area contributed by atoms with Crippen molar-refractivity contribution in [2.45, 2.75) is 13.8 Å². The molecule has 2 aromatic rings. The van der Waals surface area contributed by atoms with E-state index >= 15 is 0 Å². The third-order valence-corrected chi connectivity index (χ3v) is 4.61. The van der Waals surface area contributed by atoms with Gasteiger partial charge in [-0.05, 0) is 53.0 Å². The number of hydrogen-bond acceptors (Lipinski definition) is 6. The van der Waals surface area contributed by atoms with Gasteiger partial charge in [-0.15, -0.1) is 0 Å². The Labute approximate surface area is 156 Å². The highest BCUT2D eigenvalue weighted by atomic mass is 79.9. The molecule has 0 aliphatic heterocycles. The lowest BCUT2D eigenvalue weighted by Gasteiger charge is -2.11. The molecular formula is C16H11BrClN3O4. The van der Waals surface area contributed by atoms with Crippen molar-refractivity contribution in [1.29, 1.82) is 5.26 Å². The van der Waals surface area contributed by atoms with Gasteiger partial charge in [0.25, 0.3) is 0 Å². The molecule has 128 valence electrons. The van der Waals surface area contributed by atoms with E-state index in [0.717, 1.165) is 12.1 Å². The molecule has 2 N–H and O–H groups in total. The van der Waals surface area contributed by atoms with Gasteiger partial charge in [-0.1, -0.05) is 11.6 Å². The second-order valence-electron chi connectivity index (χ2n) is 5.14. The normalized spacial score (nSPS) is 11.2. The maximum absolute atomic E-state index is 11.0. The number of aromatic nitrogens is 1. The van der Waals surface area contributed by atoms with Gasteiger partial charge in [-0.25, -0.2) is 4.98 Å². The molecule has 0 amide bonds. The molecule has 2 rings (SSSR count). The quantitative estimate of drug-likeness (QED) is 0.246. The van der Waals surface area contributed by atoms with E-state index in [2.05, 4.69) is 20.9 Å². The number of aromatic hydroxyl groups is 2. The van der Waals surface area contributed by atoms with Gasteiger partial charge in [0, 0.05) is 11.6 Å². The molecule has 0 atom stereocenters. The minimum absolute atomic E-state index is 0.137. The molecule has 0 bridgehead atoms. The van der Waals surface area contributed by atoms with Crippen molar-refractivity contribution in [3.8, 4) is 17.6 Å². The molecule has 25 heavy (non-hydrogen) atoms. The molecule has 9 heteroatoms. The number of phenols is 2. The van der Waals surface area contributed by atoms with Crippen molar-refractivity contribution in [1.82, 2.24) is 4.98 Å². The number of halogens is 2. The van der Waals surface area contributed by atoms with Crippen LogP contribution < -0.4 is 0 Å².